The average Bonchev–Trinajstić information content (AvgIpc) is 3.19. The summed E-state index contributed by atoms with van der Waals surface area (Å²) < 4.78 is 23.6. The van der Waals surface area contributed by atoms with E-state index in [0.29, 0.717) is 43.2 Å². The average molecular weight is 490 g/mol. The number of nitrogens with one attached hydrogen (secondary N) is 1. The van der Waals surface area contributed by atoms with Gasteiger partial charge in [-0.05, 0) is 24.1 Å². The lowest BCUT2D eigenvalue weighted by atomic mass is 10.0. The van der Waals surface area contributed by atoms with Crippen LogP contribution in [0.25, 0.3) is 0 Å². The molecule has 0 unspecified atom stereocenters. The molecule has 9 heteroatoms. The molecule has 2 saturated heterocycles. The Morgan fingerprint density at radius 3 is 2.30 bits per heavy atom. The van der Waals surface area contributed by atoms with Gasteiger partial charge in [-0.3, -0.25) is 14.5 Å². The molecule has 0 saturated carbocycles. The topological polar surface area (TPSA) is 86.8 Å². The van der Waals surface area contributed by atoms with Gasteiger partial charge in [0.2, 0.25) is 5.91 Å². The molecule has 176 valence electrons. The summed E-state index contributed by atoms with van der Waals surface area (Å²) in [5.41, 5.74) is 1.22. The Morgan fingerprint density at radius 1 is 1.00 bits per heavy atom. The van der Waals surface area contributed by atoms with Gasteiger partial charge in [-0.15, -0.1) is 0 Å². The lowest BCUT2D eigenvalue weighted by Crippen LogP contribution is -2.52. The second-order valence-corrected chi connectivity index (χ2v) is 11.2. The number of piperazine rings is 1. The van der Waals surface area contributed by atoms with Crippen molar-refractivity contribution >= 4 is 33.3 Å². The van der Waals surface area contributed by atoms with E-state index < -0.39 is 15.9 Å². The Hall–Kier alpha value is -2.42. The largest absolute Gasteiger partial charge is 0.345 e. The number of benzene rings is 2. The predicted octanol–water partition coefficient (Wildman–Crippen LogP) is 2.53. The van der Waals surface area contributed by atoms with Crippen LogP contribution in [0.1, 0.15) is 34.8 Å². The lowest BCUT2D eigenvalue weighted by molar-refractivity contribution is -0.133. The normalized spacial score (nSPS) is 21.5. The van der Waals surface area contributed by atoms with Crippen LogP contribution in [0.2, 0.25) is 5.02 Å². The summed E-state index contributed by atoms with van der Waals surface area (Å²) in [5.74, 6) is 0.0998. The van der Waals surface area contributed by atoms with Crippen LogP contribution in [0, 0.1) is 0 Å². The molecule has 2 aromatic carbocycles. The molecule has 4 rings (SSSR count). The second kappa shape index (κ2) is 10.2. The van der Waals surface area contributed by atoms with E-state index in [-0.39, 0.29) is 35.8 Å². The third-order valence-electron chi connectivity index (χ3n) is 6.40. The monoisotopic (exact) mass is 489 g/mol. The standard InChI is InChI=1S/C24H28ClN3O4S/c25-21-9-5-4-8-20(21)24(30)26-22(18-6-2-1-3-7-18)16-23(29)28-13-11-27(12-14-28)19-10-15-33(31,32)17-19/h1-9,19,22H,10-17H2,(H,26,30)/t19-,22+/m1/s1. The maximum atomic E-state index is 13.1. The van der Waals surface area contributed by atoms with Crippen molar-refractivity contribution in [3.8, 4) is 0 Å². The number of hydrogen-bond donors (Lipinski definition) is 1. The summed E-state index contributed by atoms with van der Waals surface area (Å²) in [5, 5.41) is 3.33. The first-order valence-corrected chi connectivity index (χ1v) is 13.3. The number of amides is 2. The Morgan fingerprint density at radius 2 is 1.67 bits per heavy atom. The summed E-state index contributed by atoms with van der Waals surface area (Å²) in [6.07, 6.45) is 0.804. The fourth-order valence-corrected chi connectivity index (χ4v) is 6.51. The molecular formula is C24H28ClN3O4S. The molecule has 0 bridgehead atoms. The van der Waals surface area contributed by atoms with Gasteiger partial charge in [-0.2, -0.15) is 0 Å². The van der Waals surface area contributed by atoms with Crippen molar-refractivity contribution in [1.82, 2.24) is 15.1 Å². The highest BCUT2D eigenvalue weighted by Gasteiger charge is 2.34. The molecule has 2 aliphatic rings. The lowest BCUT2D eigenvalue weighted by Gasteiger charge is -2.38. The van der Waals surface area contributed by atoms with Gasteiger partial charge in [-0.1, -0.05) is 54.1 Å². The highest BCUT2D eigenvalue weighted by molar-refractivity contribution is 7.91. The van der Waals surface area contributed by atoms with Gasteiger partial charge in [0.25, 0.3) is 5.91 Å². The minimum absolute atomic E-state index is 0.0398. The van der Waals surface area contributed by atoms with Crippen molar-refractivity contribution in [2.24, 2.45) is 0 Å². The fourth-order valence-electron chi connectivity index (χ4n) is 4.52. The Kier molecular flexibility index (Phi) is 7.36. The number of halogens is 1. The first-order valence-electron chi connectivity index (χ1n) is 11.1. The quantitative estimate of drug-likeness (QED) is 0.673. The zero-order valence-corrected chi connectivity index (χ0v) is 19.9. The first kappa shape index (κ1) is 23.7. The van der Waals surface area contributed by atoms with Crippen LogP contribution in [0.4, 0.5) is 0 Å². The summed E-state index contributed by atoms with van der Waals surface area (Å²) in [6.45, 7) is 2.42. The molecule has 2 heterocycles. The maximum absolute atomic E-state index is 13.1. The number of carbonyl (C=O) groups excluding carboxylic acids is 2. The van der Waals surface area contributed by atoms with Crippen molar-refractivity contribution in [1.29, 1.82) is 0 Å². The van der Waals surface area contributed by atoms with Crippen molar-refractivity contribution in [2.75, 3.05) is 37.7 Å². The number of hydrogen-bond acceptors (Lipinski definition) is 5. The Bertz CT molecular complexity index is 1100. The highest BCUT2D eigenvalue weighted by Crippen LogP contribution is 2.23. The molecule has 33 heavy (non-hydrogen) atoms. The molecule has 1 N–H and O–H groups in total. The zero-order valence-electron chi connectivity index (χ0n) is 18.3. The van der Waals surface area contributed by atoms with E-state index in [4.69, 9.17) is 11.6 Å². The van der Waals surface area contributed by atoms with Crippen molar-refractivity contribution < 1.29 is 18.0 Å². The summed E-state index contributed by atoms with van der Waals surface area (Å²) >= 11 is 6.18. The van der Waals surface area contributed by atoms with E-state index in [0.717, 1.165) is 5.56 Å². The number of carbonyl (C=O) groups is 2. The van der Waals surface area contributed by atoms with Crippen LogP contribution in [-0.2, 0) is 14.6 Å². The first-order chi connectivity index (χ1) is 15.8. The molecule has 0 radical (unpaired) electrons. The van der Waals surface area contributed by atoms with E-state index in [2.05, 4.69) is 10.2 Å². The van der Waals surface area contributed by atoms with Gasteiger partial charge in [0.05, 0.1) is 34.6 Å². The summed E-state index contributed by atoms with van der Waals surface area (Å²) in [7, 11) is -2.93. The SMILES string of the molecule is O=C(N[C@@H](CC(=O)N1CCN([C@@H]2CCS(=O)(=O)C2)CC1)c1ccccc1)c1ccccc1Cl. The predicted molar refractivity (Wildman–Crippen MR) is 128 cm³/mol. The van der Waals surface area contributed by atoms with Gasteiger partial charge >= 0.3 is 0 Å². The van der Waals surface area contributed by atoms with Crippen molar-refractivity contribution in [3.05, 3.63) is 70.7 Å². The van der Waals surface area contributed by atoms with Crippen LogP contribution in [0.5, 0.6) is 0 Å². The second-order valence-electron chi connectivity index (χ2n) is 8.59. The minimum atomic E-state index is -2.93. The molecule has 2 atom stereocenters. The van der Waals surface area contributed by atoms with E-state index in [1.807, 2.05) is 30.3 Å². The van der Waals surface area contributed by atoms with Crippen LogP contribution in [0.3, 0.4) is 0 Å². The van der Waals surface area contributed by atoms with Gasteiger partial charge < -0.3 is 10.2 Å². The van der Waals surface area contributed by atoms with E-state index in [1.54, 1.807) is 29.2 Å². The molecule has 0 spiro atoms. The van der Waals surface area contributed by atoms with Crippen LogP contribution in [0.15, 0.2) is 54.6 Å². The van der Waals surface area contributed by atoms with E-state index >= 15 is 0 Å². The highest BCUT2D eigenvalue weighted by atomic mass is 35.5. The molecule has 7 nitrogen and oxygen atoms in total. The molecular weight excluding hydrogens is 462 g/mol. The number of rotatable bonds is 6. The number of nitrogens with zero attached hydrogens (tertiary/aromatic N) is 2. The van der Waals surface area contributed by atoms with Gasteiger partial charge in [0.15, 0.2) is 9.84 Å². The summed E-state index contributed by atoms with van der Waals surface area (Å²) in [6, 6.07) is 15.8. The van der Waals surface area contributed by atoms with E-state index in [1.165, 1.54) is 0 Å². The van der Waals surface area contributed by atoms with E-state index in [9.17, 15) is 18.0 Å². The van der Waals surface area contributed by atoms with Crippen LogP contribution in [-0.4, -0.2) is 73.8 Å². The molecule has 2 aliphatic heterocycles. The third kappa shape index (κ3) is 5.93. The fraction of sp³-hybridized carbons (Fsp3) is 0.417. The van der Waals surface area contributed by atoms with Crippen molar-refractivity contribution in [3.63, 3.8) is 0 Å². The minimum Gasteiger partial charge on any atom is -0.345 e. The van der Waals surface area contributed by atoms with Gasteiger partial charge in [0, 0.05) is 32.2 Å². The zero-order chi connectivity index (χ0) is 23.4. The van der Waals surface area contributed by atoms with Gasteiger partial charge in [0.1, 0.15) is 0 Å². The van der Waals surface area contributed by atoms with Gasteiger partial charge in [-0.25, -0.2) is 8.42 Å². The van der Waals surface area contributed by atoms with Crippen molar-refractivity contribution in [2.45, 2.75) is 24.9 Å². The Labute approximate surface area is 199 Å². The smallest absolute Gasteiger partial charge is 0.253 e. The third-order valence-corrected chi connectivity index (χ3v) is 8.48. The molecule has 2 amide bonds. The maximum Gasteiger partial charge on any atom is 0.253 e. The number of sulfone groups is 1. The van der Waals surface area contributed by atoms with Crippen LogP contribution >= 0.6 is 11.6 Å². The molecule has 0 aromatic heterocycles. The molecule has 0 aliphatic carbocycles. The summed E-state index contributed by atoms with van der Waals surface area (Å²) in [4.78, 5) is 30.0. The van der Waals surface area contributed by atoms with Crippen LogP contribution < -0.4 is 5.32 Å². The Balaban J connectivity index is 1.40. The molecule has 2 fully saturated rings. The molecule has 2 aromatic rings.